The fourth-order valence-corrected chi connectivity index (χ4v) is 3.10. The molecule has 0 aromatic rings. The van der Waals surface area contributed by atoms with E-state index in [-0.39, 0.29) is 0 Å². The first kappa shape index (κ1) is 25.7. The van der Waals surface area contributed by atoms with E-state index in [9.17, 15) is 13.2 Å². The summed E-state index contributed by atoms with van der Waals surface area (Å²) >= 11 is 0. The van der Waals surface area contributed by atoms with Crippen LogP contribution in [0.5, 0.6) is 0 Å². The van der Waals surface area contributed by atoms with Crippen LogP contribution in [0.3, 0.4) is 0 Å². The van der Waals surface area contributed by atoms with Crippen LogP contribution in [-0.2, 0) is 10.1 Å². The molecule has 158 valence electrons. The maximum absolute atomic E-state index is 10.7. The maximum Gasteiger partial charge on any atom is 0.522 e. The van der Waals surface area contributed by atoms with Crippen molar-refractivity contribution in [2.75, 3.05) is 19.6 Å². The number of hydrogen-bond donors (Lipinski definition) is 1. The highest BCUT2D eigenvalue weighted by Gasteiger charge is 2.44. The molecule has 0 aromatic carbocycles. The first-order valence-electron chi connectivity index (χ1n) is 9.87. The summed E-state index contributed by atoms with van der Waals surface area (Å²) in [6, 6.07) is 0. The minimum Gasteiger partial charge on any atom is -0.303 e. The van der Waals surface area contributed by atoms with Gasteiger partial charge < -0.3 is 4.90 Å². The average molecular weight is 404 g/mol. The first-order valence-corrected chi connectivity index (χ1v) is 11.3. The third-order valence-corrected chi connectivity index (χ3v) is 5.40. The van der Waals surface area contributed by atoms with Crippen LogP contribution < -0.4 is 0 Å². The van der Waals surface area contributed by atoms with Crippen LogP contribution in [0, 0.1) is 5.92 Å². The van der Waals surface area contributed by atoms with Crippen LogP contribution in [0.25, 0.3) is 0 Å². The van der Waals surface area contributed by atoms with Gasteiger partial charge in [-0.15, -0.1) is 0 Å². The molecule has 1 aliphatic rings. The van der Waals surface area contributed by atoms with E-state index in [1.807, 2.05) is 0 Å². The van der Waals surface area contributed by atoms with Gasteiger partial charge in [0.15, 0.2) is 0 Å². The summed E-state index contributed by atoms with van der Waals surface area (Å²) in [5, 5.41) is 0. The molecule has 1 atom stereocenters. The lowest BCUT2D eigenvalue weighted by Gasteiger charge is -2.15. The van der Waals surface area contributed by atoms with Gasteiger partial charge in [-0.3, -0.25) is 4.55 Å². The summed E-state index contributed by atoms with van der Waals surface area (Å²) in [4.78, 5) is 2.69. The van der Waals surface area contributed by atoms with Gasteiger partial charge in [-0.2, -0.15) is 21.6 Å². The normalized spacial score (nSPS) is 18.6. The van der Waals surface area contributed by atoms with Gasteiger partial charge in [0.25, 0.3) is 0 Å². The molecule has 1 aliphatic heterocycles. The van der Waals surface area contributed by atoms with Crippen LogP contribution in [0.2, 0.25) is 0 Å². The second-order valence-corrected chi connectivity index (χ2v) is 8.53. The van der Waals surface area contributed by atoms with Crippen molar-refractivity contribution < 1.29 is 26.1 Å². The van der Waals surface area contributed by atoms with Crippen molar-refractivity contribution >= 4 is 10.1 Å². The van der Waals surface area contributed by atoms with Gasteiger partial charge in [0, 0.05) is 6.54 Å². The Morgan fingerprint density at radius 2 is 1.42 bits per heavy atom. The molecule has 4 nitrogen and oxygen atoms in total. The molecule has 0 amide bonds. The predicted octanol–water partition coefficient (Wildman–Crippen LogP) is 5.64. The Labute approximate surface area is 157 Å². The molecule has 0 bridgehead atoms. The fraction of sp³-hybridized carbons (Fsp3) is 1.00. The number of hydrogen-bond acceptors (Lipinski definition) is 3. The Hall–Kier alpha value is -0.340. The van der Waals surface area contributed by atoms with Gasteiger partial charge >= 0.3 is 15.6 Å². The second-order valence-electron chi connectivity index (χ2n) is 7.11. The molecular formula is C18H36F3NO3S. The third kappa shape index (κ3) is 12.9. The van der Waals surface area contributed by atoms with Gasteiger partial charge in [-0.05, 0) is 31.8 Å². The van der Waals surface area contributed by atoms with Crippen LogP contribution in [0.15, 0.2) is 0 Å². The summed E-state index contributed by atoms with van der Waals surface area (Å²) in [5.41, 5.74) is -5.53. The molecule has 1 unspecified atom stereocenters. The molecule has 0 spiro atoms. The molecule has 26 heavy (non-hydrogen) atoms. The molecule has 1 saturated heterocycles. The third-order valence-electron chi connectivity index (χ3n) is 4.82. The quantitative estimate of drug-likeness (QED) is 0.275. The van der Waals surface area contributed by atoms with Crippen LogP contribution in [0.4, 0.5) is 13.2 Å². The molecule has 0 saturated carbocycles. The minimum absolute atomic E-state index is 1.00. The molecular weight excluding hydrogens is 367 g/mol. The number of halogens is 3. The number of likely N-dealkylation sites (tertiary alicyclic amines) is 1. The highest BCUT2D eigenvalue weighted by molar-refractivity contribution is 7.86. The lowest BCUT2D eigenvalue weighted by Crippen LogP contribution is -2.21. The van der Waals surface area contributed by atoms with Crippen molar-refractivity contribution in [3.05, 3.63) is 0 Å². The van der Waals surface area contributed by atoms with E-state index in [1.54, 1.807) is 0 Å². The summed E-state index contributed by atoms with van der Waals surface area (Å²) in [6.45, 7) is 8.75. The van der Waals surface area contributed by atoms with E-state index in [4.69, 9.17) is 13.0 Å². The van der Waals surface area contributed by atoms with E-state index in [1.165, 1.54) is 90.3 Å². The van der Waals surface area contributed by atoms with E-state index >= 15 is 0 Å². The average Bonchev–Trinajstić information content (AvgIpc) is 3.00. The van der Waals surface area contributed by atoms with Crippen molar-refractivity contribution in [3.63, 3.8) is 0 Å². The van der Waals surface area contributed by atoms with E-state index in [0.717, 1.165) is 5.92 Å². The van der Waals surface area contributed by atoms with Crippen LogP contribution >= 0.6 is 0 Å². The SMILES string of the molecule is CCCCCCCCCCCN1CCC(CC)C1.O=S(=O)(O)C(F)(F)F. The van der Waals surface area contributed by atoms with Crippen molar-refractivity contribution in [1.82, 2.24) is 4.90 Å². The van der Waals surface area contributed by atoms with Crippen molar-refractivity contribution in [2.24, 2.45) is 5.92 Å². The molecule has 1 N–H and O–H groups in total. The van der Waals surface area contributed by atoms with Gasteiger partial charge in [0.2, 0.25) is 0 Å². The molecule has 0 radical (unpaired) electrons. The second kappa shape index (κ2) is 13.8. The van der Waals surface area contributed by atoms with Crippen LogP contribution in [0.1, 0.15) is 84.5 Å². The van der Waals surface area contributed by atoms with Crippen molar-refractivity contribution in [3.8, 4) is 0 Å². The van der Waals surface area contributed by atoms with E-state index < -0.39 is 15.6 Å². The topological polar surface area (TPSA) is 57.6 Å². The van der Waals surface area contributed by atoms with Gasteiger partial charge in [-0.25, -0.2) is 0 Å². The Morgan fingerprint density at radius 1 is 0.962 bits per heavy atom. The van der Waals surface area contributed by atoms with Gasteiger partial charge in [0.05, 0.1) is 0 Å². The number of alkyl halides is 3. The first-order chi connectivity index (χ1) is 12.1. The fourth-order valence-electron chi connectivity index (χ4n) is 3.10. The summed E-state index contributed by atoms with van der Waals surface area (Å²) in [7, 11) is -5.84. The highest BCUT2D eigenvalue weighted by atomic mass is 32.2. The Kier molecular flexibility index (Phi) is 13.6. The Bertz CT molecular complexity index is 441. The van der Waals surface area contributed by atoms with E-state index in [0.29, 0.717) is 0 Å². The van der Waals surface area contributed by atoms with Crippen molar-refractivity contribution in [1.29, 1.82) is 0 Å². The number of rotatable bonds is 11. The zero-order valence-corrected chi connectivity index (χ0v) is 17.0. The summed E-state index contributed by atoms with van der Waals surface area (Å²) < 4.78 is 57.5. The Morgan fingerprint density at radius 3 is 1.81 bits per heavy atom. The minimum atomic E-state index is -5.84. The van der Waals surface area contributed by atoms with Gasteiger partial charge in [-0.1, -0.05) is 71.6 Å². The van der Waals surface area contributed by atoms with E-state index in [2.05, 4.69) is 18.7 Å². The predicted molar refractivity (Wildman–Crippen MR) is 99.7 cm³/mol. The molecule has 1 rings (SSSR count). The standard InChI is InChI=1S/C17H35N.CHF3O3S/c1-3-5-6-7-8-9-10-11-12-14-18-15-13-17(4-2)16-18;2-1(3,4)8(5,6)7/h17H,3-16H2,1-2H3;(H,5,6,7). The maximum atomic E-state index is 10.7. The highest BCUT2D eigenvalue weighted by Crippen LogP contribution is 2.21. The molecule has 0 aromatic heterocycles. The van der Waals surface area contributed by atoms with Crippen LogP contribution in [-0.4, -0.2) is 43.0 Å². The summed E-state index contributed by atoms with van der Waals surface area (Å²) in [5.74, 6) is 1.00. The lowest BCUT2D eigenvalue weighted by atomic mass is 10.1. The molecule has 1 heterocycles. The number of unbranched alkanes of at least 4 members (excludes halogenated alkanes) is 8. The molecule has 0 aliphatic carbocycles. The lowest BCUT2D eigenvalue weighted by molar-refractivity contribution is -0.0510. The molecule has 1 fully saturated rings. The van der Waals surface area contributed by atoms with Crippen molar-refractivity contribution in [2.45, 2.75) is 90.0 Å². The smallest absolute Gasteiger partial charge is 0.303 e. The molecule has 8 heteroatoms. The number of nitrogens with zero attached hydrogens (tertiary/aromatic N) is 1. The van der Waals surface area contributed by atoms with Gasteiger partial charge in [0.1, 0.15) is 0 Å². The summed E-state index contributed by atoms with van der Waals surface area (Å²) in [6.07, 6.45) is 15.9. The zero-order valence-electron chi connectivity index (χ0n) is 16.2. The Balaban J connectivity index is 0.000000660. The zero-order chi connectivity index (χ0) is 20.1. The largest absolute Gasteiger partial charge is 0.522 e. The monoisotopic (exact) mass is 403 g/mol.